The number of amides is 2. The number of carbonyl (C=O) groups excluding carboxylic acids is 2. The monoisotopic (exact) mass is 402 g/mol. The second kappa shape index (κ2) is 9.71. The van der Waals surface area contributed by atoms with Gasteiger partial charge in [0.2, 0.25) is 0 Å². The molecule has 0 bridgehead atoms. The molecular weight excluding hydrogens is 374 g/mol. The molecular formula is C22H29ClN3O2+. The number of nitrogens with one attached hydrogen (secondary N) is 3. The van der Waals surface area contributed by atoms with Crippen LogP contribution >= 0.6 is 11.6 Å². The number of anilines is 1. The lowest BCUT2D eigenvalue weighted by Gasteiger charge is -2.18. The molecule has 5 nitrogen and oxygen atoms in total. The molecule has 2 rings (SSSR count). The van der Waals surface area contributed by atoms with E-state index in [1.807, 2.05) is 59.0 Å². The van der Waals surface area contributed by atoms with Gasteiger partial charge in [-0.15, -0.1) is 0 Å². The van der Waals surface area contributed by atoms with E-state index < -0.39 is 0 Å². The molecule has 0 aliphatic carbocycles. The fraction of sp³-hybridized carbons (Fsp3) is 0.364. The summed E-state index contributed by atoms with van der Waals surface area (Å²) in [5.41, 5.74) is 5.08. The zero-order chi connectivity index (χ0) is 20.8. The summed E-state index contributed by atoms with van der Waals surface area (Å²) in [7, 11) is 1.83. The summed E-state index contributed by atoms with van der Waals surface area (Å²) in [5, 5.41) is 6.60. The van der Waals surface area contributed by atoms with E-state index in [0.717, 1.165) is 27.3 Å². The van der Waals surface area contributed by atoms with Crippen molar-refractivity contribution in [3.8, 4) is 0 Å². The first kappa shape index (κ1) is 21.9. The van der Waals surface area contributed by atoms with E-state index in [0.29, 0.717) is 5.02 Å². The SMILES string of the molecule is Cc1cc(C)c(NC(=O)C[NH+](C)CC(=O)N[C@H](C)c2ccc(Cl)cc2)c(C)c1. The number of rotatable bonds is 7. The molecule has 0 heterocycles. The lowest BCUT2D eigenvalue weighted by molar-refractivity contribution is -0.862. The molecule has 6 heteroatoms. The number of quaternary nitrogens is 1. The molecule has 0 spiro atoms. The van der Waals surface area contributed by atoms with Crippen molar-refractivity contribution in [2.75, 3.05) is 25.5 Å². The minimum atomic E-state index is -0.121. The summed E-state index contributed by atoms with van der Waals surface area (Å²) in [6.45, 7) is 8.36. The fourth-order valence-electron chi connectivity index (χ4n) is 3.30. The van der Waals surface area contributed by atoms with E-state index in [1.165, 1.54) is 5.56 Å². The molecule has 0 fully saturated rings. The van der Waals surface area contributed by atoms with Gasteiger partial charge in [-0.25, -0.2) is 0 Å². The average molecular weight is 403 g/mol. The Morgan fingerprint density at radius 3 is 2.11 bits per heavy atom. The van der Waals surface area contributed by atoms with Crippen LogP contribution in [0.25, 0.3) is 0 Å². The fourth-order valence-corrected chi connectivity index (χ4v) is 3.42. The van der Waals surface area contributed by atoms with Gasteiger partial charge in [0.25, 0.3) is 11.8 Å². The summed E-state index contributed by atoms with van der Waals surface area (Å²) in [5.74, 6) is -0.207. The van der Waals surface area contributed by atoms with Crippen molar-refractivity contribution in [3.63, 3.8) is 0 Å². The van der Waals surface area contributed by atoms with E-state index in [2.05, 4.69) is 10.6 Å². The highest BCUT2D eigenvalue weighted by molar-refractivity contribution is 6.30. The molecule has 3 N–H and O–H groups in total. The minimum absolute atomic E-state index is 0.101. The molecule has 0 aromatic heterocycles. The first-order valence-corrected chi connectivity index (χ1v) is 9.77. The highest BCUT2D eigenvalue weighted by atomic mass is 35.5. The van der Waals surface area contributed by atoms with E-state index in [9.17, 15) is 9.59 Å². The van der Waals surface area contributed by atoms with Crippen LogP contribution in [0.5, 0.6) is 0 Å². The minimum Gasteiger partial charge on any atom is -0.345 e. The molecule has 150 valence electrons. The third kappa shape index (κ3) is 6.36. The number of carbonyl (C=O) groups is 2. The van der Waals surface area contributed by atoms with Gasteiger partial charge in [-0.2, -0.15) is 0 Å². The second-order valence-corrected chi connectivity index (χ2v) is 7.91. The van der Waals surface area contributed by atoms with Crippen LogP contribution in [0.15, 0.2) is 36.4 Å². The molecule has 28 heavy (non-hydrogen) atoms. The topological polar surface area (TPSA) is 62.6 Å². The van der Waals surface area contributed by atoms with E-state index >= 15 is 0 Å². The highest BCUT2D eigenvalue weighted by Crippen LogP contribution is 2.21. The van der Waals surface area contributed by atoms with E-state index in [1.54, 1.807) is 12.1 Å². The smallest absolute Gasteiger partial charge is 0.279 e. The standard InChI is InChI=1S/C22H28ClN3O2/c1-14-10-15(2)22(16(3)11-14)25-21(28)13-26(5)12-20(27)24-17(4)18-6-8-19(23)9-7-18/h6-11,17H,12-13H2,1-5H3,(H,24,27)(H,25,28)/p+1/t17-/m1/s1. The summed E-state index contributed by atoms with van der Waals surface area (Å²) in [6.07, 6.45) is 0. The third-order valence-electron chi connectivity index (χ3n) is 4.61. The van der Waals surface area contributed by atoms with Gasteiger partial charge < -0.3 is 15.5 Å². The Balaban J connectivity index is 1.85. The van der Waals surface area contributed by atoms with Crippen molar-refractivity contribution in [1.29, 1.82) is 0 Å². The van der Waals surface area contributed by atoms with Crippen molar-refractivity contribution in [1.82, 2.24) is 5.32 Å². The quantitative estimate of drug-likeness (QED) is 0.666. The van der Waals surface area contributed by atoms with E-state index in [-0.39, 0.29) is 30.9 Å². The van der Waals surface area contributed by atoms with Gasteiger partial charge in [0.1, 0.15) is 0 Å². The van der Waals surface area contributed by atoms with Crippen LogP contribution in [0.2, 0.25) is 5.02 Å². The van der Waals surface area contributed by atoms with Gasteiger partial charge >= 0.3 is 0 Å². The van der Waals surface area contributed by atoms with Crippen LogP contribution in [-0.4, -0.2) is 32.0 Å². The number of hydrogen-bond acceptors (Lipinski definition) is 2. The Bertz CT molecular complexity index is 826. The Morgan fingerprint density at radius 2 is 1.54 bits per heavy atom. The predicted octanol–water partition coefficient (Wildman–Crippen LogP) is 2.60. The molecule has 0 saturated carbocycles. The molecule has 2 aromatic carbocycles. The third-order valence-corrected chi connectivity index (χ3v) is 4.87. The normalized spacial score (nSPS) is 12.9. The number of aryl methyl sites for hydroxylation is 3. The maximum absolute atomic E-state index is 12.4. The molecule has 0 saturated heterocycles. The number of likely N-dealkylation sites (N-methyl/N-ethyl adjacent to an activating group) is 1. The van der Waals surface area contributed by atoms with Crippen LogP contribution in [0.3, 0.4) is 0 Å². The van der Waals surface area contributed by atoms with Gasteiger partial charge in [-0.1, -0.05) is 41.4 Å². The molecule has 2 amide bonds. The first-order valence-electron chi connectivity index (χ1n) is 9.39. The lowest BCUT2D eigenvalue weighted by atomic mass is 10.1. The van der Waals surface area contributed by atoms with Crippen molar-refractivity contribution in [2.45, 2.75) is 33.7 Å². The van der Waals surface area contributed by atoms with Crippen molar-refractivity contribution in [3.05, 3.63) is 63.7 Å². The van der Waals surface area contributed by atoms with Gasteiger partial charge in [0, 0.05) is 10.7 Å². The van der Waals surface area contributed by atoms with Gasteiger partial charge in [0.15, 0.2) is 13.1 Å². The molecule has 2 aromatic rings. The Hall–Kier alpha value is -2.37. The van der Waals surface area contributed by atoms with Crippen LogP contribution in [-0.2, 0) is 9.59 Å². The number of halogens is 1. The lowest BCUT2D eigenvalue weighted by Crippen LogP contribution is -3.11. The van der Waals surface area contributed by atoms with Crippen molar-refractivity contribution in [2.24, 2.45) is 0 Å². The van der Waals surface area contributed by atoms with Gasteiger partial charge in [0.05, 0.1) is 13.1 Å². The van der Waals surface area contributed by atoms with Crippen molar-refractivity contribution >= 4 is 29.1 Å². The average Bonchev–Trinajstić information content (AvgIpc) is 2.58. The summed E-state index contributed by atoms with van der Waals surface area (Å²) >= 11 is 5.90. The molecule has 0 aliphatic rings. The predicted molar refractivity (Wildman–Crippen MR) is 114 cm³/mol. The number of hydrogen-bond donors (Lipinski definition) is 3. The van der Waals surface area contributed by atoms with Crippen LogP contribution in [0.4, 0.5) is 5.69 Å². The van der Waals surface area contributed by atoms with Gasteiger partial charge in [-0.3, -0.25) is 9.59 Å². The molecule has 1 unspecified atom stereocenters. The first-order chi connectivity index (χ1) is 13.2. The van der Waals surface area contributed by atoms with Crippen LogP contribution < -0.4 is 15.5 Å². The maximum atomic E-state index is 12.4. The zero-order valence-corrected chi connectivity index (χ0v) is 17.9. The summed E-state index contributed by atoms with van der Waals surface area (Å²) in [6, 6.07) is 11.4. The summed E-state index contributed by atoms with van der Waals surface area (Å²) < 4.78 is 0. The maximum Gasteiger partial charge on any atom is 0.279 e. The van der Waals surface area contributed by atoms with Crippen molar-refractivity contribution < 1.29 is 14.5 Å². The second-order valence-electron chi connectivity index (χ2n) is 7.47. The number of benzene rings is 2. The molecule has 0 radical (unpaired) electrons. The van der Waals surface area contributed by atoms with Crippen LogP contribution in [0, 0.1) is 20.8 Å². The van der Waals surface area contributed by atoms with Crippen LogP contribution in [0.1, 0.15) is 35.2 Å². The Morgan fingerprint density at radius 1 is 1.00 bits per heavy atom. The Kier molecular flexibility index (Phi) is 7.61. The largest absolute Gasteiger partial charge is 0.345 e. The zero-order valence-electron chi connectivity index (χ0n) is 17.2. The Labute approximate surface area is 172 Å². The van der Waals surface area contributed by atoms with E-state index in [4.69, 9.17) is 11.6 Å². The highest BCUT2D eigenvalue weighted by Gasteiger charge is 2.17. The van der Waals surface area contributed by atoms with Gasteiger partial charge in [-0.05, 0) is 56.5 Å². The molecule has 2 atom stereocenters. The summed E-state index contributed by atoms with van der Waals surface area (Å²) in [4.78, 5) is 25.5. The molecule has 0 aliphatic heterocycles.